The van der Waals surface area contributed by atoms with Crippen LogP contribution in [0.1, 0.15) is 61.1 Å². The van der Waals surface area contributed by atoms with Crippen LogP contribution in [0.2, 0.25) is 0 Å². The molecule has 2 aromatic heterocycles. The molecule has 1 unspecified atom stereocenters. The summed E-state index contributed by atoms with van der Waals surface area (Å²) in [5, 5.41) is 2.02. The molecule has 1 aliphatic rings. The van der Waals surface area contributed by atoms with Gasteiger partial charge in [-0.3, -0.25) is 9.59 Å². The fraction of sp³-hybridized carbons (Fsp3) is 0.333. The van der Waals surface area contributed by atoms with Gasteiger partial charge in [0.15, 0.2) is 17.3 Å². The van der Waals surface area contributed by atoms with Crippen LogP contribution in [-0.2, 0) is 6.42 Å². The Bertz CT molecular complexity index is 1150. The van der Waals surface area contributed by atoms with Gasteiger partial charge in [0.05, 0.1) is 20.3 Å². The van der Waals surface area contributed by atoms with E-state index >= 15 is 0 Å². The molecule has 162 valence electrons. The maximum absolute atomic E-state index is 13.7. The number of hydrogen-bond acceptors (Lipinski definition) is 5. The van der Waals surface area contributed by atoms with Crippen molar-refractivity contribution in [1.29, 1.82) is 0 Å². The zero-order valence-corrected chi connectivity index (χ0v) is 19.2. The van der Waals surface area contributed by atoms with Crippen LogP contribution in [-0.4, -0.2) is 42.3 Å². The second-order valence-electron chi connectivity index (χ2n) is 7.75. The maximum atomic E-state index is 13.7. The number of methoxy groups -OCH3 is 2. The van der Waals surface area contributed by atoms with Gasteiger partial charge < -0.3 is 19.4 Å². The van der Waals surface area contributed by atoms with Crippen molar-refractivity contribution in [3.63, 3.8) is 0 Å². The van der Waals surface area contributed by atoms with Crippen molar-refractivity contribution >= 4 is 23.0 Å². The van der Waals surface area contributed by atoms with Gasteiger partial charge in [0, 0.05) is 22.7 Å². The quantitative estimate of drug-likeness (QED) is 0.586. The average Bonchev–Trinajstić information content (AvgIpc) is 3.38. The smallest absolute Gasteiger partial charge is 0.271 e. The van der Waals surface area contributed by atoms with E-state index in [9.17, 15) is 9.59 Å². The summed E-state index contributed by atoms with van der Waals surface area (Å²) < 4.78 is 11.0. The van der Waals surface area contributed by atoms with Gasteiger partial charge in [0.25, 0.3) is 5.91 Å². The number of nitrogens with zero attached hydrogens (tertiary/aromatic N) is 1. The molecule has 0 saturated carbocycles. The third kappa shape index (κ3) is 3.53. The summed E-state index contributed by atoms with van der Waals surface area (Å²) in [6.45, 7) is 5.76. The van der Waals surface area contributed by atoms with Crippen LogP contribution < -0.4 is 9.47 Å². The summed E-state index contributed by atoms with van der Waals surface area (Å²) >= 11 is 1.62. The number of benzene rings is 1. The van der Waals surface area contributed by atoms with Crippen molar-refractivity contribution in [2.75, 3.05) is 20.8 Å². The molecule has 3 aromatic rings. The lowest BCUT2D eigenvalue weighted by Gasteiger charge is -2.37. The summed E-state index contributed by atoms with van der Waals surface area (Å²) in [4.78, 5) is 31.9. The Kier molecular flexibility index (Phi) is 5.62. The first-order valence-electron chi connectivity index (χ1n) is 10.2. The number of carbonyl (C=O) groups is 2. The van der Waals surface area contributed by atoms with Gasteiger partial charge in [-0.15, -0.1) is 11.3 Å². The van der Waals surface area contributed by atoms with Crippen LogP contribution in [0.15, 0.2) is 29.6 Å². The SMILES string of the molecule is COc1cc2c(cc1OC)C(c1cccs1)N(C(=O)c1[nH]c(C)c(C(C)=O)c1C)CC2. The number of aromatic amines is 1. The fourth-order valence-corrected chi connectivity index (χ4v) is 5.41. The highest BCUT2D eigenvalue weighted by Crippen LogP contribution is 2.42. The topological polar surface area (TPSA) is 71.6 Å². The summed E-state index contributed by atoms with van der Waals surface area (Å²) in [6, 6.07) is 7.80. The Morgan fingerprint density at radius 3 is 2.45 bits per heavy atom. The van der Waals surface area contributed by atoms with Crippen LogP contribution in [0.25, 0.3) is 0 Å². The minimum atomic E-state index is -0.236. The highest BCUT2D eigenvalue weighted by atomic mass is 32.1. The molecule has 0 aliphatic carbocycles. The molecule has 1 aromatic carbocycles. The fourth-order valence-electron chi connectivity index (χ4n) is 4.55. The highest BCUT2D eigenvalue weighted by molar-refractivity contribution is 7.10. The highest BCUT2D eigenvalue weighted by Gasteiger charge is 2.36. The Morgan fingerprint density at radius 2 is 1.87 bits per heavy atom. The number of aryl methyl sites for hydroxylation is 1. The third-order valence-electron chi connectivity index (χ3n) is 5.95. The second kappa shape index (κ2) is 8.23. The van der Waals surface area contributed by atoms with E-state index in [-0.39, 0.29) is 17.7 Å². The molecule has 0 bridgehead atoms. The van der Waals surface area contributed by atoms with E-state index in [4.69, 9.17) is 9.47 Å². The third-order valence-corrected chi connectivity index (χ3v) is 6.88. The number of fused-ring (bicyclic) bond motifs is 1. The van der Waals surface area contributed by atoms with Crippen LogP contribution >= 0.6 is 11.3 Å². The zero-order chi connectivity index (χ0) is 22.3. The van der Waals surface area contributed by atoms with Crippen LogP contribution in [0, 0.1) is 13.8 Å². The number of H-pyrrole nitrogens is 1. The summed E-state index contributed by atoms with van der Waals surface area (Å²) in [5.41, 5.74) is 4.69. The van der Waals surface area contributed by atoms with Gasteiger partial charge in [0.2, 0.25) is 0 Å². The predicted molar refractivity (Wildman–Crippen MR) is 121 cm³/mol. The number of aromatic nitrogens is 1. The Labute approximate surface area is 185 Å². The summed E-state index contributed by atoms with van der Waals surface area (Å²) in [6.07, 6.45) is 0.710. The molecule has 0 radical (unpaired) electrons. The van der Waals surface area contributed by atoms with Crippen molar-refractivity contribution in [2.24, 2.45) is 0 Å². The first-order valence-corrected chi connectivity index (χ1v) is 11.0. The molecular formula is C24H26N2O4S. The predicted octanol–water partition coefficient (Wildman–Crippen LogP) is 4.70. The summed E-state index contributed by atoms with van der Waals surface area (Å²) in [7, 11) is 3.24. The molecule has 7 heteroatoms. The lowest BCUT2D eigenvalue weighted by molar-refractivity contribution is 0.0690. The molecule has 1 N–H and O–H groups in total. The Balaban J connectivity index is 1.83. The van der Waals surface area contributed by atoms with Crippen molar-refractivity contribution in [3.8, 4) is 11.5 Å². The van der Waals surface area contributed by atoms with Gasteiger partial charge in [-0.1, -0.05) is 6.07 Å². The monoisotopic (exact) mass is 438 g/mol. The maximum Gasteiger partial charge on any atom is 0.271 e. The lowest BCUT2D eigenvalue weighted by atomic mass is 9.90. The van der Waals surface area contributed by atoms with Gasteiger partial charge in [0.1, 0.15) is 5.69 Å². The average molecular weight is 439 g/mol. The number of hydrogen-bond donors (Lipinski definition) is 1. The normalized spacial score (nSPS) is 15.5. The number of ketones is 1. The number of amides is 1. The van der Waals surface area contributed by atoms with Crippen LogP contribution in [0.3, 0.4) is 0 Å². The van der Waals surface area contributed by atoms with E-state index < -0.39 is 0 Å². The number of ether oxygens (including phenoxy) is 2. The second-order valence-corrected chi connectivity index (χ2v) is 8.73. The zero-order valence-electron chi connectivity index (χ0n) is 18.4. The van der Waals surface area contributed by atoms with E-state index in [1.807, 2.05) is 42.3 Å². The van der Waals surface area contributed by atoms with E-state index in [0.717, 1.165) is 21.7 Å². The lowest BCUT2D eigenvalue weighted by Crippen LogP contribution is -2.40. The molecule has 0 saturated heterocycles. The van der Waals surface area contributed by atoms with Crippen molar-refractivity contribution in [2.45, 2.75) is 33.2 Å². The van der Waals surface area contributed by atoms with Crippen LogP contribution in [0.5, 0.6) is 11.5 Å². The van der Waals surface area contributed by atoms with E-state index in [1.54, 1.807) is 25.6 Å². The van der Waals surface area contributed by atoms with E-state index in [1.165, 1.54) is 6.92 Å². The molecule has 0 fully saturated rings. The number of carbonyl (C=O) groups excluding carboxylic acids is 2. The van der Waals surface area contributed by atoms with Crippen molar-refractivity contribution in [1.82, 2.24) is 9.88 Å². The van der Waals surface area contributed by atoms with Gasteiger partial charge in [-0.05, 0) is 67.5 Å². The van der Waals surface area contributed by atoms with Gasteiger partial charge >= 0.3 is 0 Å². The molecular weight excluding hydrogens is 412 g/mol. The molecule has 1 aliphatic heterocycles. The first-order chi connectivity index (χ1) is 14.9. The number of nitrogens with one attached hydrogen (secondary N) is 1. The number of Topliss-reactive ketones (excluding diaryl/α,β-unsaturated/α-hetero) is 1. The standard InChI is InChI=1S/C24H26N2O4S/c1-13-21(15(3)27)14(2)25-22(13)24(28)26-9-8-16-11-18(29-4)19(30-5)12-17(16)23(26)20-7-6-10-31-20/h6-7,10-12,23,25H,8-9H2,1-5H3. The summed E-state index contributed by atoms with van der Waals surface area (Å²) in [5.74, 6) is 1.18. The largest absolute Gasteiger partial charge is 0.493 e. The first kappa shape index (κ1) is 21.2. The minimum Gasteiger partial charge on any atom is -0.493 e. The van der Waals surface area contributed by atoms with Crippen LogP contribution in [0.4, 0.5) is 0 Å². The molecule has 31 heavy (non-hydrogen) atoms. The van der Waals surface area contributed by atoms with E-state index in [0.29, 0.717) is 41.3 Å². The Morgan fingerprint density at radius 1 is 1.16 bits per heavy atom. The Hall–Kier alpha value is -3.06. The van der Waals surface area contributed by atoms with Gasteiger partial charge in [-0.2, -0.15) is 0 Å². The van der Waals surface area contributed by atoms with Crippen molar-refractivity contribution < 1.29 is 19.1 Å². The van der Waals surface area contributed by atoms with Crippen molar-refractivity contribution in [3.05, 3.63) is 68.2 Å². The molecule has 1 amide bonds. The molecule has 1 atom stereocenters. The molecule has 3 heterocycles. The van der Waals surface area contributed by atoms with Gasteiger partial charge in [-0.25, -0.2) is 0 Å². The number of thiophene rings is 1. The molecule has 4 rings (SSSR count). The molecule has 0 spiro atoms. The minimum absolute atomic E-state index is 0.0408. The molecule has 6 nitrogen and oxygen atoms in total. The number of rotatable bonds is 5. The van der Waals surface area contributed by atoms with E-state index in [2.05, 4.69) is 11.1 Å².